The van der Waals surface area contributed by atoms with E-state index in [0.29, 0.717) is 38.6 Å². The number of carbonyl (C=O) groups is 5. The number of fused-ring (bicyclic) bond motifs is 1. The molecule has 10 nitrogen and oxygen atoms in total. The van der Waals surface area contributed by atoms with E-state index in [1.54, 1.807) is 6.08 Å². The first-order chi connectivity index (χ1) is 20.2. The highest BCUT2D eigenvalue weighted by atomic mass is 16.2. The van der Waals surface area contributed by atoms with Gasteiger partial charge in [0.15, 0.2) is 0 Å². The average molecular weight is 580 g/mol. The highest BCUT2D eigenvalue weighted by Gasteiger charge is 2.43. The van der Waals surface area contributed by atoms with Gasteiger partial charge >= 0.3 is 6.03 Å². The van der Waals surface area contributed by atoms with Crippen LogP contribution in [0.15, 0.2) is 49.6 Å². The molecular weight excluding hydrogens is 534 g/mol. The lowest BCUT2D eigenvalue weighted by atomic mass is 9.94. The molecule has 0 spiro atoms. The van der Waals surface area contributed by atoms with E-state index in [2.05, 4.69) is 34.4 Å². The minimum Gasteiger partial charge on any atom is -0.346 e. The molecule has 1 aromatic rings. The van der Waals surface area contributed by atoms with Gasteiger partial charge in [-0.15, -0.1) is 13.2 Å². The fourth-order valence-corrected chi connectivity index (χ4v) is 5.78. The molecule has 4 N–H and O–H groups in total. The lowest BCUT2D eigenvalue weighted by Gasteiger charge is -2.32. The number of nitrogens with one attached hydrogen (secondary N) is 4. The van der Waals surface area contributed by atoms with Crippen LogP contribution in [0.2, 0.25) is 0 Å². The van der Waals surface area contributed by atoms with Gasteiger partial charge in [0.2, 0.25) is 17.6 Å². The zero-order valence-corrected chi connectivity index (χ0v) is 24.8. The fraction of sp³-hybridized carbons (Fsp3) is 0.531. The second-order valence-corrected chi connectivity index (χ2v) is 11.0. The minimum atomic E-state index is -1.05. The van der Waals surface area contributed by atoms with Crippen molar-refractivity contribution in [2.75, 3.05) is 13.1 Å². The van der Waals surface area contributed by atoms with Crippen LogP contribution >= 0.6 is 0 Å². The summed E-state index contributed by atoms with van der Waals surface area (Å²) in [6.07, 6.45) is 7.53. The summed E-state index contributed by atoms with van der Waals surface area (Å²) in [6, 6.07) is 4.90. The monoisotopic (exact) mass is 579 g/mol. The molecule has 0 radical (unpaired) electrons. The van der Waals surface area contributed by atoms with Crippen LogP contribution in [-0.2, 0) is 32.0 Å². The minimum absolute atomic E-state index is 0.0134. The summed E-state index contributed by atoms with van der Waals surface area (Å²) in [5, 5.41) is 11.1. The van der Waals surface area contributed by atoms with Crippen molar-refractivity contribution in [2.45, 2.75) is 89.4 Å². The quantitative estimate of drug-likeness (QED) is 0.187. The van der Waals surface area contributed by atoms with E-state index < -0.39 is 41.8 Å². The Kier molecular flexibility index (Phi) is 12.3. The van der Waals surface area contributed by atoms with Crippen molar-refractivity contribution in [1.29, 1.82) is 0 Å². The maximum atomic E-state index is 14.1. The molecule has 0 bridgehead atoms. The molecule has 0 saturated carbocycles. The first-order valence-electron chi connectivity index (χ1n) is 15.0. The molecule has 5 amide bonds. The Morgan fingerprint density at radius 3 is 2.24 bits per heavy atom. The molecule has 1 heterocycles. The van der Waals surface area contributed by atoms with Crippen molar-refractivity contribution in [3.63, 3.8) is 0 Å². The van der Waals surface area contributed by atoms with Gasteiger partial charge in [-0.05, 0) is 68.4 Å². The average Bonchev–Trinajstić information content (AvgIpc) is 3.66. The van der Waals surface area contributed by atoms with Crippen molar-refractivity contribution in [3.05, 3.63) is 60.7 Å². The van der Waals surface area contributed by atoms with E-state index in [-0.39, 0.29) is 30.8 Å². The number of benzene rings is 1. The number of allylic oxidation sites excluding steroid dienone is 1. The molecule has 2 aliphatic rings. The van der Waals surface area contributed by atoms with Crippen LogP contribution in [0.4, 0.5) is 4.79 Å². The van der Waals surface area contributed by atoms with Gasteiger partial charge in [-0.3, -0.25) is 19.2 Å². The maximum absolute atomic E-state index is 14.1. The van der Waals surface area contributed by atoms with E-state index in [4.69, 9.17) is 0 Å². The molecule has 3 atom stereocenters. The molecule has 1 saturated heterocycles. The molecule has 3 rings (SSSR count). The smallest absolute Gasteiger partial charge is 0.315 e. The normalized spacial score (nSPS) is 17.6. The maximum Gasteiger partial charge on any atom is 0.315 e. The van der Waals surface area contributed by atoms with Crippen LogP contribution in [0.3, 0.4) is 0 Å². The molecule has 1 aliphatic carbocycles. The molecule has 1 aromatic carbocycles. The SMILES string of the molecule is C=CCCC(NC(=O)[C@@H]1CCCN1C(=O)C(NC(=O)NC(CC)CC)C1Cc2ccccc2C1)C(=O)C(=O)NCC=C. The van der Waals surface area contributed by atoms with E-state index in [1.807, 2.05) is 38.1 Å². The molecule has 1 aliphatic heterocycles. The first kappa shape index (κ1) is 32.6. The van der Waals surface area contributed by atoms with Crippen molar-refractivity contribution >= 4 is 29.5 Å². The van der Waals surface area contributed by atoms with Gasteiger partial charge in [0, 0.05) is 19.1 Å². The summed E-state index contributed by atoms with van der Waals surface area (Å²) in [6.45, 7) is 11.7. The van der Waals surface area contributed by atoms with Gasteiger partial charge in [0.05, 0.1) is 6.04 Å². The van der Waals surface area contributed by atoms with Crippen molar-refractivity contribution < 1.29 is 24.0 Å². The Morgan fingerprint density at radius 2 is 1.64 bits per heavy atom. The third kappa shape index (κ3) is 8.30. The Bertz CT molecular complexity index is 1140. The first-order valence-corrected chi connectivity index (χ1v) is 15.0. The van der Waals surface area contributed by atoms with Gasteiger partial charge in [0.1, 0.15) is 12.1 Å². The summed E-state index contributed by atoms with van der Waals surface area (Å²) in [5.74, 6) is -2.54. The van der Waals surface area contributed by atoms with Crippen LogP contribution in [0.1, 0.15) is 63.5 Å². The molecular formula is C32H45N5O5. The number of ketones is 1. The summed E-state index contributed by atoms with van der Waals surface area (Å²) in [5.41, 5.74) is 2.30. The number of amides is 5. The number of rotatable bonds is 15. The largest absolute Gasteiger partial charge is 0.346 e. The molecule has 42 heavy (non-hydrogen) atoms. The molecule has 228 valence electrons. The van der Waals surface area contributed by atoms with E-state index in [0.717, 1.165) is 24.0 Å². The molecule has 2 unspecified atom stereocenters. The van der Waals surface area contributed by atoms with Crippen molar-refractivity contribution in [1.82, 2.24) is 26.2 Å². The zero-order chi connectivity index (χ0) is 30.6. The van der Waals surface area contributed by atoms with Crippen LogP contribution in [0, 0.1) is 5.92 Å². The second kappa shape index (κ2) is 15.9. The highest BCUT2D eigenvalue weighted by molar-refractivity contribution is 6.38. The highest BCUT2D eigenvalue weighted by Crippen LogP contribution is 2.31. The number of Topliss-reactive ketones (excluding diaryl/α,β-unsaturated/α-hetero) is 1. The number of hydrogen-bond donors (Lipinski definition) is 4. The van der Waals surface area contributed by atoms with Crippen LogP contribution in [0.25, 0.3) is 0 Å². The van der Waals surface area contributed by atoms with E-state index in [9.17, 15) is 24.0 Å². The van der Waals surface area contributed by atoms with Crippen LogP contribution in [0.5, 0.6) is 0 Å². The molecule has 1 fully saturated rings. The third-order valence-electron chi connectivity index (χ3n) is 8.19. The molecule has 10 heteroatoms. The van der Waals surface area contributed by atoms with Gasteiger partial charge < -0.3 is 26.2 Å². The van der Waals surface area contributed by atoms with Gasteiger partial charge in [-0.25, -0.2) is 4.79 Å². The predicted molar refractivity (Wildman–Crippen MR) is 161 cm³/mol. The fourth-order valence-electron chi connectivity index (χ4n) is 5.78. The van der Waals surface area contributed by atoms with Crippen LogP contribution < -0.4 is 21.3 Å². The Hall–Kier alpha value is -3.95. The number of urea groups is 1. The van der Waals surface area contributed by atoms with Crippen molar-refractivity contribution in [3.8, 4) is 0 Å². The number of likely N-dealkylation sites (tertiary alicyclic amines) is 1. The topological polar surface area (TPSA) is 137 Å². The number of hydrogen-bond acceptors (Lipinski definition) is 5. The molecule has 0 aromatic heterocycles. The predicted octanol–water partition coefficient (Wildman–Crippen LogP) is 2.57. The third-order valence-corrected chi connectivity index (χ3v) is 8.19. The summed E-state index contributed by atoms with van der Waals surface area (Å²) < 4.78 is 0. The van der Waals surface area contributed by atoms with E-state index in [1.165, 1.54) is 11.0 Å². The standard InChI is InChI=1S/C32H45N5O5/c1-5-9-15-25(28(38)30(40)33-17-6-2)35-29(39)26-16-12-18-37(26)31(41)27(36-32(42)34-24(7-3)8-4)23-19-21-13-10-11-14-22(21)20-23/h5-6,10-11,13-14,23-27H,1-2,7-9,12,15-20H2,3-4H3,(H,33,40)(H,35,39)(H2,34,36,42)/t25?,26-,27?/m0/s1. The summed E-state index contributed by atoms with van der Waals surface area (Å²) in [4.78, 5) is 67.4. The van der Waals surface area contributed by atoms with Crippen molar-refractivity contribution in [2.24, 2.45) is 5.92 Å². The van der Waals surface area contributed by atoms with Gasteiger partial charge in [0.25, 0.3) is 5.91 Å². The van der Waals surface area contributed by atoms with E-state index >= 15 is 0 Å². The Morgan fingerprint density at radius 1 is 0.976 bits per heavy atom. The number of carbonyl (C=O) groups excluding carboxylic acids is 5. The summed E-state index contributed by atoms with van der Waals surface area (Å²) in [7, 11) is 0. The van der Waals surface area contributed by atoms with Crippen LogP contribution in [-0.4, -0.2) is 71.7 Å². The van der Waals surface area contributed by atoms with Gasteiger partial charge in [-0.2, -0.15) is 0 Å². The Labute approximate surface area is 248 Å². The summed E-state index contributed by atoms with van der Waals surface area (Å²) >= 11 is 0. The zero-order valence-electron chi connectivity index (χ0n) is 24.8. The lowest BCUT2D eigenvalue weighted by molar-refractivity contribution is -0.143. The number of nitrogens with zero attached hydrogens (tertiary/aromatic N) is 1. The second-order valence-electron chi connectivity index (χ2n) is 11.0. The van der Waals surface area contributed by atoms with Gasteiger partial charge in [-0.1, -0.05) is 50.3 Å². The Balaban J connectivity index is 1.79. The lowest BCUT2D eigenvalue weighted by Crippen LogP contribution is -2.59.